The molecule has 0 aromatic rings. The molecular formula is C16H32N2O. The lowest BCUT2D eigenvalue weighted by Gasteiger charge is -2.38. The van der Waals surface area contributed by atoms with E-state index < -0.39 is 0 Å². The van der Waals surface area contributed by atoms with Gasteiger partial charge >= 0.3 is 0 Å². The van der Waals surface area contributed by atoms with Crippen LogP contribution in [-0.4, -0.2) is 48.3 Å². The number of ether oxygens (including phenoxy) is 1. The van der Waals surface area contributed by atoms with Gasteiger partial charge in [0.25, 0.3) is 0 Å². The molecule has 2 fully saturated rings. The number of hydrogen-bond donors (Lipinski definition) is 1. The lowest BCUT2D eigenvalue weighted by molar-refractivity contribution is -0.0372. The molecule has 1 N–H and O–H groups in total. The van der Waals surface area contributed by atoms with Crippen molar-refractivity contribution in [2.75, 3.05) is 19.6 Å². The summed E-state index contributed by atoms with van der Waals surface area (Å²) in [7, 11) is 0. The van der Waals surface area contributed by atoms with Crippen molar-refractivity contribution in [3.05, 3.63) is 0 Å². The van der Waals surface area contributed by atoms with E-state index in [1.54, 1.807) is 0 Å². The SMILES string of the molecule is CC(C)NCC1CCCCN1CC1CCC(C)(C)O1. The Bertz CT molecular complexity index is 278. The second-order valence-corrected chi connectivity index (χ2v) is 7.25. The summed E-state index contributed by atoms with van der Waals surface area (Å²) in [4.78, 5) is 2.67. The summed E-state index contributed by atoms with van der Waals surface area (Å²) < 4.78 is 6.16. The van der Waals surface area contributed by atoms with Gasteiger partial charge in [-0.05, 0) is 46.1 Å². The standard InChI is InChI=1S/C16H32N2O/c1-13(2)17-11-14-7-5-6-10-18(14)12-15-8-9-16(3,4)19-15/h13-15,17H,5-12H2,1-4H3. The van der Waals surface area contributed by atoms with E-state index in [0.717, 1.165) is 13.1 Å². The van der Waals surface area contributed by atoms with E-state index in [4.69, 9.17) is 4.74 Å². The largest absolute Gasteiger partial charge is 0.371 e. The van der Waals surface area contributed by atoms with Gasteiger partial charge < -0.3 is 10.1 Å². The van der Waals surface area contributed by atoms with Crippen molar-refractivity contribution in [1.29, 1.82) is 0 Å². The van der Waals surface area contributed by atoms with Gasteiger partial charge in [0.1, 0.15) is 0 Å². The van der Waals surface area contributed by atoms with Crippen molar-refractivity contribution in [3.8, 4) is 0 Å². The summed E-state index contributed by atoms with van der Waals surface area (Å²) in [5, 5.41) is 3.60. The molecule has 3 nitrogen and oxygen atoms in total. The summed E-state index contributed by atoms with van der Waals surface area (Å²) in [5.41, 5.74) is 0.103. The molecule has 2 saturated heterocycles. The van der Waals surface area contributed by atoms with Crippen LogP contribution in [0.25, 0.3) is 0 Å². The monoisotopic (exact) mass is 268 g/mol. The summed E-state index contributed by atoms with van der Waals surface area (Å²) in [5.74, 6) is 0. The molecule has 2 rings (SSSR count). The van der Waals surface area contributed by atoms with Gasteiger partial charge in [0.05, 0.1) is 11.7 Å². The lowest BCUT2D eigenvalue weighted by atomic mass is 10.0. The molecule has 0 radical (unpaired) electrons. The molecule has 2 atom stereocenters. The third-order valence-corrected chi connectivity index (χ3v) is 4.50. The zero-order chi connectivity index (χ0) is 13.9. The zero-order valence-corrected chi connectivity index (χ0v) is 13.2. The minimum Gasteiger partial charge on any atom is -0.371 e. The first kappa shape index (κ1) is 15.3. The minimum absolute atomic E-state index is 0.103. The van der Waals surface area contributed by atoms with E-state index in [0.29, 0.717) is 18.2 Å². The van der Waals surface area contributed by atoms with E-state index in [1.807, 2.05) is 0 Å². The van der Waals surface area contributed by atoms with Crippen LogP contribution in [0.15, 0.2) is 0 Å². The maximum atomic E-state index is 6.16. The summed E-state index contributed by atoms with van der Waals surface area (Å²) >= 11 is 0. The molecular weight excluding hydrogens is 236 g/mol. The van der Waals surface area contributed by atoms with Crippen LogP contribution in [-0.2, 0) is 4.74 Å². The topological polar surface area (TPSA) is 24.5 Å². The van der Waals surface area contributed by atoms with Crippen molar-refractivity contribution < 1.29 is 4.74 Å². The Hall–Kier alpha value is -0.120. The molecule has 2 unspecified atom stereocenters. The molecule has 0 aliphatic carbocycles. The number of piperidine rings is 1. The molecule has 3 heteroatoms. The van der Waals surface area contributed by atoms with E-state index in [2.05, 4.69) is 37.9 Å². The van der Waals surface area contributed by atoms with Crippen molar-refractivity contribution in [2.45, 2.75) is 83.6 Å². The third kappa shape index (κ3) is 4.73. The predicted molar refractivity (Wildman–Crippen MR) is 80.5 cm³/mol. The molecule has 0 saturated carbocycles. The molecule has 0 spiro atoms. The normalized spacial score (nSPS) is 32.1. The number of rotatable bonds is 5. The van der Waals surface area contributed by atoms with Gasteiger partial charge in [-0.3, -0.25) is 4.90 Å². The molecule has 0 aromatic carbocycles. The maximum absolute atomic E-state index is 6.16. The van der Waals surface area contributed by atoms with E-state index >= 15 is 0 Å². The summed E-state index contributed by atoms with van der Waals surface area (Å²) in [6, 6.07) is 1.30. The third-order valence-electron chi connectivity index (χ3n) is 4.50. The maximum Gasteiger partial charge on any atom is 0.0710 e. The van der Waals surface area contributed by atoms with E-state index in [1.165, 1.54) is 38.6 Å². The Kier molecular flexibility index (Phi) is 5.27. The molecule has 2 heterocycles. The first-order chi connectivity index (χ1) is 8.96. The van der Waals surface area contributed by atoms with Crippen LogP contribution in [0.1, 0.15) is 59.8 Å². The fraction of sp³-hybridized carbons (Fsp3) is 1.00. The van der Waals surface area contributed by atoms with Crippen LogP contribution in [0.3, 0.4) is 0 Å². The Balaban J connectivity index is 1.82. The molecule has 0 aromatic heterocycles. The van der Waals surface area contributed by atoms with Crippen LogP contribution in [0, 0.1) is 0 Å². The molecule has 19 heavy (non-hydrogen) atoms. The molecule has 2 aliphatic rings. The van der Waals surface area contributed by atoms with Crippen LogP contribution >= 0.6 is 0 Å². The smallest absolute Gasteiger partial charge is 0.0710 e. The second-order valence-electron chi connectivity index (χ2n) is 7.25. The lowest BCUT2D eigenvalue weighted by Crippen LogP contribution is -2.49. The van der Waals surface area contributed by atoms with Crippen molar-refractivity contribution in [2.24, 2.45) is 0 Å². The highest BCUT2D eigenvalue weighted by atomic mass is 16.5. The van der Waals surface area contributed by atoms with Gasteiger partial charge in [0, 0.05) is 25.2 Å². The fourth-order valence-electron chi connectivity index (χ4n) is 3.37. The Morgan fingerprint density at radius 1 is 1.26 bits per heavy atom. The van der Waals surface area contributed by atoms with Gasteiger partial charge in [-0.25, -0.2) is 0 Å². The predicted octanol–water partition coefficient (Wildman–Crippen LogP) is 2.80. The quantitative estimate of drug-likeness (QED) is 0.830. The Labute approximate surface area is 119 Å². The van der Waals surface area contributed by atoms with Crippen LogP contribution < -0.4 is 5.32 Å². The molecule has 0 bridgehead atoms. The number of nitrogens with one attached hydrogen (secondary N) is 1. The van der Waals surface area contributed by atoms with E-state index in [9.17, 15) is 0 Å². The van der Waals surface area contributed by atoms with E-state index in [-0.39, 0.29) is 5.60 Å². The molecule has 2 aliphatic heterocycles. The first-order valence-corrected chi connectivity index (χ1v) is 8.11. The highest BCUT2D eigenvalue weighted by molar-refractivity contribution is 4.86. The highest BCUT2D eigenvalue weighted by Crippen LogP contribution is 2.30. The second kappa shape index (κ2) is 6.55. The molecule has 0 amide bonds. The number of nitrogens with zero attached hydrogens (tertiary/aromatic N) is 1. The van der Waals surface area contributed by atoms with Crippen molar-refractivity contribution >= 4 is 0 Å². The minimum atomic E-state index is 0.103. The van der Waals surface area contributed by atoms with Gasteiger partial charge in [-0.15, -0.1) is 0 Å². The van der Waals surface area contributed by atoms with Crippen LogP contribution in [0.4, 0.5) is 0 Å². The fourth-order valence-corrected chi connectivity index (χ4v) is 3.37. The average Bonchev–Trinajstić information content (AvgIpc) is 2.67. The van der Waals surface area contributed by atoms with Crippen LogP contribution in [0.5, 0.6) is 0 Å². The average molecular weight is 268 g/mol. The van der Waals surface area contributed by atoms with Crippen molar-refractivity contribution in [1.82, 2.24) is 10.2 Å². The summed E-state index contributed by atoms with van der Waals surface area (Å²) in [6.45, 7) is 12.4. The number of hydrogen-bond acceptors (Lipinski definition) is 3. The Morgan fingerprint density at radius 3 is 2.68 bits per heavy atom. The Morgan fingerprint density at radius 2 is 2.05 bits per heavy atom. The van der Waals surface area contributed by atoms with Gasteiger partial charge in [0.2, 0.25) is 0 Å². The van der Waals surface area contributed by atoms with Crippen molar-refractivity contribution in [3.63, 3.8) is 0 Å². The first-order valence-electron chi connectivity index (χ1n) is 8.11. The van der Waals surface area contributed by atoms with Crippen LogP contribution in [0.2, 0.25) is 0 Å². The zero-order valence-electron chi connectivity index (χ0n) is 13.2. The van der Waals surface area contributed by atoms with Gasteiger partial charge in [0.15, 0.2) is 0 Å². The molecule has 112 valence electrons. The van der Waals surface area contributed by atoms with Gasteiger partial charge in [-0.1, -0.05) is 20.3 Å². The number of likely N-dealkylation sites (tertiary alicyclic amines) is 1. The van der Waals surface area contributed by atoms with Gasteiger partial charge in [-0.2, -0.15) is 0 Å². The highest BCUT2D eigenvalue weighted by Gasteiger charge is 2.34. The summed E-state index contributed by atoms with van der Waals surface area (Å²) in [6.07, 6.45) is 6.98.